The molecule has 0 aromatic heterocycles. The van der Waals surface area contributed by atoms with Crippen molar-refractivity contribution in [1.82, 2.24) is 0 Å². The van der Waals surface area contributed by atoms with Gasteiger partial charge in [-0.05, 0) is 35.2 Å². The van der Waals surface area contributed by atoms with Crippen molar-refractivity contribution in [3.05, 3.63) is 45.9 Å². The fourth-order valence-corrected chi connectivity index (χ4v) is 1.90. The molecule has 0 bridgehead atoms. The average Bonchev–Trinajstić information content (AvgIpc) is 3.04. The van der Waals surface area contributed by atoms with E-state index >= 15 is 0 Å². The largest absolute Gasteiger partial charge is 0.387 e. The summed E-state index contributed by atoms with van der Waals surface area (Å²) in [5.41, 5.74) is 7.30. The van der Waals surface area contributed by atoms with Crippen LogP contribution in [0.4, 0.5) is 4.39 Å². The molecule has 1 unspecified atom stereocenters. The van der Waals surface area contributed by atoms with Crippen LogP contribution >= 0.6 is 0 Å². The minimum absolute atomic E-state index is 0.0556. The van der Waals surface area contributed by atoms with Gasteiger partial charge in [0, 0.05) is 11.6 Å². The van der Waals surface area contributed by atoms with Gasteiger partial charge in [0.1, 0.15) is 5.82 Å². The van der Waals surface area contributed by atoms with Crippen molar-refractivity contribution in [2.45, 2.75) is 26.0 Å². The summed E-state index contributed by atoms with van der Waals surface area (Å²) in [4.78, 5) is 11.2. The number of hydrogen-bond acceptors (Lipinski definition) is 3. The molecule has 2 rings (SSSR count). The Morgan fingerprint density at radius 1 is 1.22 bits per heavy atom. The highest BCUT2D eigenvalue weighted by molar-refractivity contribution is 5.73. The molecule has 0 aliphatic rings. The Morgan fingerprint density at radius 2 is 1.83 bits per heavy atom. The van der Waals surface area contributed by atoms with Crippen molar-refractivity contribution in [3.63, 3.8) is 0 Å². The maximum Gasteiger partial charge on any atom is 0.187 e. The van der Waals surface area contributed by atoms with Crippen molar-refractivity contribution in [2.24, 2.45) is 11.7 Å². The SMILES string of the molecule is CC(C)[C@H](N)C(O)c1cc(F)ccc1-c1cc1=O. The molecule has 0 fully saturated rings. The van der Waals surface area contributed by atoms with Gasteiger partial charge in [-0.15, -0.1) is 0 Å². The maximum absolute atomic E-state index is 13.3. The standard InChI is InChI=1S/C14H16FNO2/c1-7(2)13(16)14(18)11-5-8(15)3-4-9(11)10-6-12(10)17/h3-7,13-14,18H,16H2,1-2H3/t13-,14?/m0/s1. The molecule has 2 aromatic carbocycles. The van der Waals surface area contributed by atoms with Crippen LogP contribution in [0.5, 0.6) is 0 Å². The summed E-state index contributed by atoms with van der Waals surface area (Å²) in [6.45, 7) is 3.77. The molecule has 4 heteroatoms. The minimum atomic E-state index is -0.981. The lowest BCUT2D eigenvalue weighted by Gasteiger charge is -2.24. The van der Waals surface area contributed by atoms with Gasteiger partial charge in [-0.1, -0.05) is 19.9 Å². The van der Waals surface area contributed by atoms with E-state index in [1.807, 2.05) is 13.8 Å². The van der Waals surface area contributed by atoms with Crippen LogP contribution in [-0.4, -0.2) is 11.1 Å². The van der Waals surface area contributed by atoms with E-state index < -0.39 is 18.0 Å². The zero-order valence-corrected chi connectivity index (χ0v) is 10.4. The van der Waals surface area contributed by atoms with Gasteiger partial charge in [0.15, 0.2) is 5.43 Å². The number of rotatable bonds is 4. The van der Waals surface area contributed by atoms with Crippen LogP contribution in [-0.2, 0) is 0 Å². The molecule has 3 N–H and O–H groups in total. The van der Waals surface area contributed by atoms with Gasteiger partial charge >= 0.3 is 0 Å². The zero-order valence-electron chi connectivity index (χ0n) is 10.4. The van der Waals surface area contributed by atoms with Crippen LogP contribution in [0.2, 0.25) is 0 Å². The first-order valence-corrected chi connectivity index (χ1v) is 5.91. The van der Waals surface area contributed by atoms with E-state index in [0.717, 1.165) is 0 Å². The quantitative estimate of drug-likeness (QED) is 0.867. The summed E-state index contributed by atoms with van der Waals surface area (Å²) in [7, 11) is 0. The van der Waals surface area contributed by atoms with E-state index in [-0.39, 0.29) is 11.3 Å². The normalized spacial score (nSPS) is 15.2. The molecule has 0 radical (unpaired) electrons. The van der Waals surface area contributed by atoms with Gasteiger partial charge in [0.25, 0.3) is 0 Å². The molecule has 0 saturated carbocycles. The number of nitrogens with two attached hydrogens (primary N) is 1. The van der Waals surface area contributed by atoms with Crippen molar-refractivity contribution >= 4 is 0 Å². The van der Waals surface area contributed by atoms with Gasteiger partial charge in [-0.3, -0.25) is 4.79 Å². The Balaban J connectivity index is 2.43. The number of benzene rings is 1. The summed E-state index contributed by atoms with van der Waals surface area (Å²) >= 11 is 0. The van der Waals surface area contributed by atoms with E-state index in [1.165, 1.54) is 24.3 Å². The molecule has 0 aliphatic heterocycles. The molecule has 0 spiro atoms. The Hall–Kier alpha value is -1.52. The lowest BCUT2D eigenvalue weighted by atomic mass is 9.91. The number of hydrogen-bond donors (Lipinski definition) is 2. The molecule has 96 valence electrons. The Bertz CT molecular complexity index is 570. The first kappa shape index (κ1) is 12.9. The number of aliphatic hydroxyl groups is 1. The van der Waals surface area contributed by atoms with Crippen molar-refractivity contribution < 1.29 is 9.50 Å². The third-order valence-electron chi connectivity index (χ3n) is 3.21. The topological polar surface area (TPSA) is 63.3 Å². The van der Waals surface area contributed by atoms with Gasteiger partial charge < -0.3 is 10.8 Å². The molecule has 18 heavy (non-hydrogen) atoms. The third kappa shape index (κ3) is 2.35. The molecule has 2 atom stereocenters. The van der Waals surface area contributed by atoms with E-state index in [4.69, 9.17) is 5.73 Å². The van der Waals surface area contributed by atoms with Gasteiger partial charge in [-0.25, -0.2) is 4.39 Å². The highest BCUT2D eigenvalue weighted by atomic mass is 19.1. The Labute approximate surface area is 105 Å². The van der Waals surface area contributed by atoms with Crippen LogP contribution < -0.4 is 11.2 Å². The molecular formula is C14H16FNO2. The van der Waals surface area contributed by atoms with Crippen LogP contribution in [0.3, 0.4) is 0 Å². The second-order valence-corrected chi connectivity index (χ2v) is 4.92. The van der Waals surface area contributed by atoms with Gasteiger partial charge in [-0.2, -0.15) is 0 Å². The smallest absolute Gasteiger partial charge is 0.187 e. The number of halogens is 1. The summed E-state index contributed by atoms with van der Waals surface area (Å²) in [5.74, 6) is -0.391. The summed E-state index contributed by atoms with van der Waals surface area (Å²) < 4.78 is 13.3. The first-order chi connectivity index (χ1) is 8.41. The minimum Gasteiger partial charge on any atom is -0.387 e. The molecule has 2 aromatic rings. The summed E-state index contributed by atoms with van der Waals surface area (Å²) in [6.07, 6.45) is -0.981. The highest BCUT2D eigenvalue weighted by Crippen LogP contribution is 2.31. The van der Waals surface area contributed by atoms with Crippen molar-refractivity contribution in [1.29, 1.82) is 0 Å². The van der Waals surface area contributed by atoms with E-state index in [9.17, 15) is 14.3 Å². The van der Waals surface area contributed by atoms with E-state index in [0.29, 0.717) is 16.7 Å². The van der Waals surface area contributed by atoms with E-state index in [1.54, 1.807) is 0 Å². The van der Waals surface area contributed by atoms with Crippen LogP contribution in [0.15, 0.2) is 29.1 Å². The Kier molecular flexibility index (Phi) is 3.32. The van der Waals surface area contributed by atoms with Gasteiger partial charge in [0.2, 0.25) is 0 Å². The highest BCUT2D eigenvalue weighted by Gasteiger charge is 2.25. The van der Waals surface area contributed by atoms with Crippen molar-refractivity contribution in [3.8, 4) is 11.1 Å². The Morgan fingerprint density at radius 3 is 2.33 bits per heavy atom. The zero-order chi connectivity index (χ0) is 13.4. The first-order valence-electron chi connectivity index (χ1n) is 5.91. The lowest BCUT2D eigenvalue weighted by molar-refractivity contribution is 0.126. The monoisotopic (exact) mass is 249 g/mol. The average molecular weight is 249 g/mol. The molecule has 0 heterocycles. The predicted octanol–water partition coefficient (Wildman–Crippen LogP) is 1.75. The van der Waals surface area contributed by atoms with Crippen LogP contribution in [0.1, 0.15) is 25.5 Å². The number of aliphatic hydroxyl groups excluding tert-OH is 1. The van der Waals surface area contributed by atoms with Crippen LogP contribution in [0.25, 0.3) is 11.1 Å². The fourth-order valence-electron chi connectivity index (χ4n) is 1.90. The third-order valence-corrected chi connectivity index (χ3v) is 3.21. The lowest BCUT2D eigenvalue weighted by Crippen LogP contribution is -2.33. The summed E-state index contributed by atoms with van der Waals surface area (Å²) in [6, 6.07) is 5.00. The maximum atomic E-state index is 13.3. The fraction of sp³-hybridized carbons (Fsp3) is 0.357. The summed E-state index contributed by atoms with van der Waals surface area (Å²) in [5, 5.41) is 10.2. The van der Waals surface area contributed by atoms with Gasteiger partial charge in [0.05, 0.1) is 6.10 Å². The second kappa shape index (κ2) is 4.63. The molecular weight excluding hydrogens is 233 g/mol. The molecule has 3 nitrogen and oxygen atoms in total. The molecule has 0 saturated heterocycles. The van der Waals surface area contributed by atoms with Crippen molar-refractivity contribution in [2.75, 3.05) is 0 Å². The molecule has 0 aliphatic carbocycles. The predicted molar refractivity (Wildman–Crippen MR) is 68.3 cm³/mol. The van der Waals surface area contributed by atoms with Crippen LogP contribution in [0, 0.1) is 11.7 Å². The second-order valence-electron chi connectivity index (χ2n) is 4.92. The molecule has 0 amide bonds. The van der Waals surface area contributed by atoms with E-state index in [2.05, 4.69) is 0 Å².